The smallest absolute Gasteiger partial charge is 0.335 e. The second-order valence-electron chi connectivity index (χ2n) is 3.49. The van der Waals surface area contributed by atoms with Crippen molar-refractivity contribution < 1.29 is 19.4 Å². The second kappa shape index (κ2) is 6.13. The third kappa shape index (κ3) is 3.66. The average molecular weight is 238 g/mol. The molecule has 1 fully saturated rings. The summed E-state index contributed by atoms with van der Waals surface area (Å²) in [5.74, 6) is 0.123. The van der Waals surface area contributed by atoms with Crippen LogP contribution < -0.4 is 9.47 Å². The zero-order valence-corrected chi connectivity index (χ0v) is 10.4. The Bertz CT molecular complexity index is 383. The van der Waals surface area contributed by atoms with Gasteiger partial charge in [-0.05, 0) is 31.0 Å². The number of hydrogen-bond acceptors (Lipinski definition) is 3. The quantitative estimate of drug-likeness (QED) is 0.876. The highest BCUT2D eigenvalue weighted by atomic mass is 16.5. The number of hydrogen-bond donors (Lipinski definition) is 1. The molecule has 4 heteroatoms. The highest BCUT2D eigenvalue weighted by Crippen LogP contribution is 2.34. The van der Waals surface area contributed by atoms with Gasteiger partial charge in [-0.25, -0.2) is 4.79 Å². The molecule has 1 saturated carbocycles. The molecule has 0 heterocycles. The van der Waals surface area contributed by atoms with E-state index in [4.69, 9.17) is 14.6 Å². The van der Waals surface area contributed by atoms with E-state index >= 15 is 0 Å². The lowest BCUT2D eigenvalue weighted by molar-refractivity contribution is 0.0696. The fourth-order valence-electron chi connectivity index (χ4n) is 1.26. The first-order chi connectivity index (χ1) is 8.20. The van der Waals surface area contributed by atoms with Crippen LogP contribution in [-0.4, -0.2) is 24.3 Å². The van der Waals surface area contributed by atoms with Gasteiger partial charge in [0.2, 0.25) is 0 Å². The summed E-state index contributed by atoms with van der Waals surface area (Å²) in [7, 11) is 1.50. The van der Waals surface area contributed by atoms with E-state index < -0.39 is 5.97 Å². The molecule has 0 radical (unpaired) electrons. The summed E-state index contributed by atoms with van der Waals surface area (Å²) >= 11 is 0. The molecule has 1 N–H and O–H groups in total. The van der Waals surface area contributed by atoms with Gasteiger partial charge in [-0.2, -0.15) is 0 Å². The van der Waals surface area contributed by atoms with Gasteiger partial charge in [0, 0.05) is 0 Å². The van der Waals surface area contributed by atoms with E-state index in [1.54, 1.807) is 6.07 Å². The molecule has 1 aliphatic carbocycles. The Balaban J connectivity index is 0.000000686. The standard InChI is InChI=1S/C11H12O4.C2H6/c1-14-10-6-7(11(12)13)2-5-9(10)15-8-3-4-8;1-2/h2,5-6,8H,3-4H2,1H3,(H,12,13);1-2H3. The Morgan fingerprint density at radius 2 is 1.94 bits per heavy atom. The third-order valence-corrected chi connectivity index (χ3v) is 2.23. The molecule has 0 amide bonds. The topological polar surface area (TPSA) is 55.8 Å². The number of aromatic carboxylic acids is 1. The van der Waals surface area contributed by atoms with Crippen molar-refractivity contribution in [2.75, 3.05) is 7.11 Å². The molecule has 17 heavy (non-hydrogen) atoms. The van der Waals surface area contributed by atoms with E-state index in [1.807, 2.05) is 13.8 Å². The minimum Gasteiger partial charge on any atom is -0.493 e. The number of carboxylic acids is 1. The monoisotopic (exact) mass is 238 g/mol. The summed E-state index contributed by atoms with van der Waals surface area (Å²) in [6, 6.07) is 4.63. The largest absolute Gasteiger partial charge is 0.493 e. The number of rotatable bonds is 4. The first-order valence-corrected chi connectivity index (χ1v) is 5.78. The van der Waals surface area contributed by atoms with E-state index in [-0.39, 0.29) is 11.7 Å². The predicted molar refractivity (Wildman–Crippen MR) is 65.0 cm³/mol. The maximum absolute atomic E-state index is 10.7. The van der Waals surface area contributed by atoms with Gasteiger partial charge in [0.05, 0.1) is 18.8 Å². The lowest BCUT2D eigenvalue weighted by Gasteiger charge is -2.10. The molecule has 94 valence electrons. The van der Waals surface area contributed by atoms with Crippen LogP contribution in [0.4, 0.5) is 0 Å². The van der Waals surface area contributed by atoms with Crippen LogP contribution in [0.2, 0.25) is 0 Å². The van der Waals surface area contributed by atoms with E-state index in [0.29, 0.717) is 11.5 Å². The normalized spacial score (nSPS) is 13.4. The van der Waals surface area contributed by atoms with Gasteiger partial charge in [0.25, 0.3) is 0 Å². The van der Waals surface area contributed by atoms with E-state index in [1.165, 1.54) is 19.2 Å². The van der Waals surface area contributed by atoms with Crippen molar-refractivity contribution in [3.05, 3.63) is 23.8 Å². The van der Waals surface area contributed by atoms with Crippen LogP contribution in [0.3, 0.4) is 0 Å². The number of ether oxygens (including phenoxy) is 2. The number of methoxy groups -OCH3 is 1. The number of carbonyl (C=O) groups is 1. The number of benzene rings is 1. The van der Waals surface area contributed by atoms with Gasteiger partial charge in [0.1, 0.15) is 0 Å². The van der Waals surface area contributed by atoms with Crippen LogP contribution in [0.1, 0.15) is 37.0 Å². The third-order valence-electron chi connectivity index (χ3n) is 2.23. The molecule has 1 aromatic rings. The highest BCUT2D eigenvalue weighted by Gasteiger charge is 2.25. The molecule has 0 spiro atoms. The lowest BCUT2D eigenvalue weighted by Crippen LogP contribution is -2.01. The van der Waals surface area contributed by atoms with Crippen LogP contribution in [0.25, 0.3) is 0 Å². The van der Waals surface area contributed by atoms with E-state index in [2.05, 4.69) is 0 Å². The molecule has 4 nitrogen and oxygen atoms in total. The van der Waals surface area contributed by atoms with Gasteiger partial charge in [-0.15, -0.1) is 0 Å². The van der Waals surface area contributed by atoms with Crippen LogP contribution in [-0.2, 0) is 0 Å². The van der Waals surface area contributed by atoms with Crippen LogP contribution in [0, 0.1) is 0 Å². The molecule has 0 atom stereocenters. The van der Waals surface area contributed by atoms with Crippen LogP contribution >= 0.6 is 0 Å². The molecule has 0 aromatic heterocycles. The van der Waals surface area contributed by atoms with Crippen molar-refractivity contribution >= 4 is 5.97 Å². The van der Waals surface area contributed by atoms with Crippen molar-refractivity contribution in [3.63, 3.8) is 0 Å². The van der Waals surface area contributed by atoms with Crippen LogP contribution in [0.15, 0.2) is 18.2 Å². The Labute approximate surface area is 101 Å². The zero-order valence-electron chi connectivity index (χ0n) is 10.4. The summed E-state index contributed by atoms with van der Waals surface area (Å²) in [5.41, 5.74) is 0.204. The minimum atomic E-state index is -0.966. The SMILES string of the molecule is CC.COc1cc(C(=O)O)ccc1OC1CC1. The first kappa shape index (κ1) is 13.4. The van der Waals surface area contributed by atoms with Crippen molar-refractivity contribution in [1.82, 2.24) is 0 Å². The second-order valence-corrected chi connectivity index (χ2v) is 3.49. The molecule has 0 aliphatic heterocycles. The summed E-state index contributed by atoms with van der Waals surface area (Å²) in [5, 5.41) is 8.79. The lowest BCUT2D eigenvalue weighted by atomic mass is 10.2. The molecule has 0 unspecified atom stereocenters. The zero-order chi connectivity index (χ0) is 12.8. The van der Waals surface area contributed by atoms with E-state index in [0.717, 1.165) is 12.8 Å². The van der Waals surface area contributed by atoms with Gasteiger partial charge in [0.15, 0.2) is 11.5 Å². The fourth-order valence-corrected chi connectivity index (χ4v) is 1.26. The van der Waals surface area contributed by atoms with Crippen LogP contribution in [0.5, 0.6) is 11.5 Å². The average Bonchev–Trinajstić information content (AvgIpc) is 3.16. The Morgan fingerprint density at radius 1 is 1.29 bits per heavy atom. The summed E-state index contributed by atoms with van der Waals surface area (Å²) < 4.78 is 10.6. The first-order valence-electron chi connectivity index (χ1n) is 5.78. The fraction of sp³-hybridized carbons (Fsp3) is 0.462. The molecule has 2 rings (SSSR count). The Hall–Kier alpha value is -1.71. The predicted octanol–water partition coefficient (Wildman–Crippen LogP) is 2.96. The van der Waals surface area contributed by atoms with Crippen molar-refractivity contribution in [1.29, 1.82) is 0 Å². The van der Waals surface area contributed by atoms with Crippen molar-refractivity contribution in [2.45, 2.75) is 32.8 Å². The molecule has 0 bridgehead atoms. The van der Waals surface area contributed by atoms with Gasteiger partial charge in [-0.1, -0.05) is 13.8 Å². The molecule has 1 aromatic carbocycles. The summed E-state index contributed by atoms with van der Waals surface area (Å²) in [6.07, 6.45) is 2.39. The Morgan fingerprint density at radius 3 is 2.41 bits per heavy atom. The van der Waals surface area contributed by atoms with Gasteiger partial charge in [-0.3, -0.25) is 0 Å². The molecule has 0 saturated heterocycles. The maximum Gasteiger partial charge on any atom is 0.335 e. The van der Waals surface area contributed by atoms with Gasteiger partial charge >= 0.3 is 5.97 Å². The molecular formula is C13H18O4. The Kier molecular flexibility index (Phi) is 4.82. The van der Waals surface area contributed by atoms with Crippen molar-refractivity contribution in [2.24, 2.45) is 0 Å². The number of carboxylic acid groups (broad SMARTS) is 1. The highest BCUT2D eigenvalue weighted by molar-refractivity contribution is 5.88. The maximum atomic E-state index is 10.7. The van der Waals surface area contributed by atoms with Gasteiger partial charge < -0.3 is 14.6 Å². The minimum absolute atomic E-state index is 0.204. The molecule has 1 aliphatic rings. The van der Waals surface area contributed by atoms with Crippen molar-refractivity contribution in [3.8, 4) is 11.5 Å². The molecular weight excluding hydrogens is 220 g/mol. The van der Waals surface area contributed by atoms with E-state index in [9.17, 15) is 4.79 Å². The summed E-state index contributed by atoms with van der Waals surface area (Å²) in [6.45, 7) is 4.00. The summed E-state index contributed by atoms with van der Waals surface area (Å²) in [4.78, 5) is 10.7.